The lowest BCUT2D eigenvalue weighted by molar-refractivity contribution is 0.746. The second-order valence-electron chi connectivity index (χ2n) is 6.65. The number of unbranched alkanes of at least 4 members (excludes halogenated alkanes) is 1. The summed E-state index contributed by atoms with van der Waals surface area (Å²) in [6.07, 6.45) is 2.28. The third-order valence-corrected chi connectivity index (χ3v) is 4.97. The van der Waals surface area contributed by atoms with Crippen molar-refractivity contribution in [1.82, 2.24) is 4.98 Å². The first-order chi connectivity index (χ1) is 12.8. The third kappa shape index (κ3) is 2.84. The fourth-order valence-electron chi connectivity index (χ4n) is 3.60. The van der Waals surface area contributed by atoms with E-state index in [1.165, 1.54) is 0 Å². The van der Waals surface area contributed by atoms with Crippen molar-refractivity contribution in [1.29, 1.82) is 5.26 Å². The molecule has 0 amide bonds. The Morgan fingerprint density at radius 2 is 1.85 bits per heavy atom. The van der Waals surface area contributed by atoms with Crippen LogP contribution >= 0.6 is 0 Å². The molecule has 1 aliphatic heterocycles. The molecule has 0 fully saturated rings. The predicted octanol–water partition coefficient (Wildman–Crippen LogP) is 5.29. The Morgan fingerprint density at radius 3 is 2.69 bits per heavy atom. The van der Waals surface area contributed by atoms with Crippen LogP contribution in [0.15, 0.2) is 60.7 Å². The first kappa shape index (κ1) is 16.4. The Kier molecular flexibility index (Phi) is 4.41. The van der Waals surface area contributed by atoms with Gasteiger partial charge in [0.05, 0.1) is 16.8 Å². The number of para-hydroxylation sites is 2. The standard InChI is InChI=1S/C23H21N3/c1-2-3-14-26-16-20(19(15-24)18-9-5-7-11-23(18)26)22-13-12-17-8-4-6-10-21(17)25-22/h4-13H,2-3,14,16H2,1H3. The highest BCUT2D eigenvalue weighted by Gasteiger charge is 2.25. The number of nitrogens with zero attached hydrogens (tertiary/aromatic N) is 3. The molecule has 0 atom stereocenters. The smallest absolute Gasteiger partial charge is 0.100 e. The maximum Gasteiger partial charge on any atom is 0.100 e. The van der Waals surface area contributed by atoms with E-state index in [4.69, 9.17) is 4.98 Å². The summed E-state index contributed by atoms with van der Waals surface area (Å²) in [6, 6.07) is 22.9. The van der Waals surface area contributed by atoms with Gasteiger partial charge in [-0.25, -0.2) is 4.98 Å². The fraction of sp³-hybridized carbons (Fsp3) is 0.217. The number of nitriles is 1. The van der Waals surface area contributed by atoms with Gasteiger partial charge >= 0.3 is 0 Å². The second kappa shape index (κ2) is 7.01. The van der Waals surface area contributed by atoms with Crippen LogP contribution in [0.2, 0.25) is 0 Å². The van der Waals surface area contributed by atoms with Crippen LogP contribution < -0.4 is 4.90 Å². The maximum atomic E-state index is 9.89. The van der Waals surface area contributed by atoms with Gasteiger partial charge in [-0.3, -0.25) is 0 Å². The SMILES string of the molecule is CCCCN1CC(c2ccc3ccccc3n2)=C(C#N)c2ccccc21. The van der Waals surface area contributed by atoms with Gasteiger partial charge in [0.2, 0.25) is 0 Å². The van der Waals surface area contributed by atoms with Crippen molar-refractivity contribution in [3.63, 3.8) is 0 Å². The summed E-state index contributed by atoms with van der Waals surface area (Å²) >= 11 is 0. The van der Waals surface area contributed by atoms with E-state index in [2.05, 4.69) is 36.1 Å². The Bertz CT molecular complexity index is 1030. The summed E-state index contributed by atoms with van der Waals surface area (Å²) < 4.78 is 0. The van der Waals surface area contributed by atoms with E-state index in [1.54, 1.807) is 0 Å². The number of rotatable bonds is 4. The Balaban J connectivity index is 1.87. The molecule has 0 radical (unpaired) electrons. The predicted molar refractivity (Wildman–Crippen MR) is 108 cm³/mol. The normalized spacial score (nSPS) is 13.6. The molecule has 3 nitrogen and oxygen atoms in total. The Labute approximate surface area is 154 Å². The molecular formula is C23H21N3. The molecule has 2 aromatic carbocycles. The van der Waals surface area contributed by atoms with Crippen LogP contribution in [0.25, 0.3) is 22.0 Å². The van der Waals surface area contributed by atoms with Crippen LogP contribution in [0.3, 0.4) is 0 Å². The highest BCUT2D eigenvalue weighted by atomic mass is 15.1. The van der Waals surface area contributed by atoms with Gasteiger partial charge in [-0.05, 0) is 24.6 Å². The molecule has 3 heteroatoms. The summed E-state index contributed by atoms with van der Waals surface area (Å²) in [7, 11) is 0. The first-order valence-corrected chi connectivity index (χ1v) is 9.15. The molecule has 128 valence electrons. The molecule has 0 unspecified atom stereocenters. The molecule has 2 heterocycles. The lowest BCUT2D eigenvalue weighted by atomic mass is 9.92. The molecule has 0 N–H and O–H groups in total. The number of pyridine rings is 1. The third-order valence-electron chi connectivity index (χ3n) is 4.97. The van der Waals surface area contributed by atoms with Crippen molar-refractivity contribution in [3.8, 4) is 6.07 Å². The van der Waals surface area contributed by atoms with Crippen LogP contribution in [0.4, 0.5) is 5.69 Å². The van der Waals surface area contributed by atoms with E-state index in [-0.39, 0.29) is 0 Å². The van der Waals surface area contributed by atoms with Crippen LogP contribution in [0.5, 0.6) is 0 Å². The van der Waals surface area contributed by atoms with Crippen molar-refractivity contribution in [2.45, 2.75) is 19.8 Å². The highest BCUT2D eigenvalue weighted by Crippen LogP contribution is 2.38. The number of fused-ring (bicyclic) bond motifs is 2. The lowest BCUT2D eigenvalue weighted by Gasteiger charge is -2.32. The van der Waals surface area contributed by atoms with Crippen molar-refractivity contribution in [2.24, 2.45) is 0 Å². The highest BCUT2D eigenvalue weighted by molar-refractivity contribution is 6.04. The van der Waals surface area contributed by atoms with E-state index in [9.17, 15) is 5.26 Å². The van der Waals surface area contributed by atoms with Crippen LogP contribution in [0, 0.1) is 11.3 Å². The van der Waals surface area contributed by atoms with E-state index >= 15 is 0 Å². The van der Waals surface area contributed by atoms with Crippen LogP contribution in [-0.4, -0.2) is 18.1 Å². The molecule has 4 rings (SSSR count). The van der Waals surface area contributed by atoms with Crippen LogP contribution in [-0.2, 0) is 0 Å². The first-order valence-electron chi connectivity index (χ1n) is 9.15. The van der Waals surface area contributed by atoms with Crippen molar-refractivity contribution >= 4 is 27.7 Å². The molecule has 0 saturated carbocycles. The van der Waals surface area contributed by atoms with Gasteiger partial charge in [-0.2, -0.15) is 5.26 Å². The molecule has 1 aromatic heterocycles. The number of benzene rings is 2. The summed E-state index contributed by atoms with van der Waals surface area (Å²) in [4.78, 5) is 7.23. The van der Waals surface area contributed by atoms with Gasteiger partial charge in [-0.1, -0.05) is 55.8 Å². The molecule has 26 heavy (non-hydrogen) atoms. The molecule has 0 spiro atoms. The van der Waals surface area contributed by atoms with E-state index in [0.717, 1.165) is 64.9 Å². The molecular weight excluding hydrogens is 318 g/mol. The zero-order valence-electron chi connectivity index (χ0n) is 14.9. The van der Waals surface area contributed by atoms with E-state index in [1.807, 2.05) is 42.5 Å². The van der Waals surface area contributed by atoms with Crippen molar-refractivity contribution in [3.05, 3.63) is 71.9 Å². The van der Waals surface area contributed by atoms with Crippen molar-refractivity contribution in [2.75, 3.05) is 18.0 Å². The van der Waals surface area contributed by atoms with Gasteiger partial charge in [0.15, 0.2) is 0 Å². The minimum atomic E-state index is 0.727. The summed E-state index contributed by atoms with van der Waals surface area (Å²) in [5.74, 6) is 0. The topological polar surface area (TPSA) is 39.9 Å². The Hall–Kier alpha value is -3.12. The summed E-state index contributed by atoms with van der Waals surface area (Å²) in [5.41, 5.74) is 5.80. The van der Waals surface area contributed by atoms with Gasteiger partial charge in [0, 0.05) is 35.3 Å². The van der Waals surface area contributed by atoms with Gasteiger partial charge in [0.25, 0.3) is 0 Å². The minimum absolute atomic E-state index is 0.727. The Morgan fingerprint density at radius 1 is 1.04 bits per heavy atom. The fourth-order valence-corrected chi connectivity index (χ4v) is 3.60. The number of anilines is 1. The maximum absolute atomic E-state index is 9.89. The number of hydrogen-bond acceptors (Lipinski definition) is 3. The number of allylic oxidation sites excluding steroid dienone is 1. The zero-order chi connectivity index (χ0) is 17.9. The number of hydrogen-bond donors (Lipinski definition) is 0. The quantitative estimate of drug-likeness (QED) is 0.648. The second-order valence-corrected chi connectivity index (χ2v) is 6.65. The molecule has 0 saturated heterocycles. The summed E-state index contributed by atoms with van der Waals surface area (Å²) in [5, 5.41) is 11.0. The molecule has 0 aliphatic carbocycles. The average molecular weight is 339 g/mol. The van der Waals surface area contributed by atoms with Crippen LogP contribution in [0.1, 0.15) is 31.0 Å². The summed E-state index contributed by atoms with van der Waals surface area (Å²) in [6.45, 7) is 3.92. The monoisotopic (exact) mass is 339 g/mol. The van der Waals surface area contributed by atoms with Gasteiger partial charge in [-0.15, -0.1) is 0 Å². The lowest BCUT2D eigenvalue weighted by Crippen LogP contribution is -2.30. The molecule has 3 aromatic rings. The molecule has 0 bridgehead atoms. The average Bonchev–Trinajstić information content (AvgIpc) is 2.71. The van der Waals surface area contributed by atoms with Gasteiger partial charge in [0.1, 0.15) is 6.07 Å². The van der Waals surface area contributed by atoms with Crippen molar-refractivity contribution < 1.29 is 0 Å². The van der Waals surface area contributed by atoms with E-state index < -0.39 is 0 Å². The van der Waals surface area contributed by atoms with E-state index in [0.29, 0.717) is 0 Å². The zero-order valence-corrected chi connectivity index (χ0v) is 14.9. The minimum Gasteiger partial charge on any atom is -0.367 e. The van der Waals surface area contributed by atoms with Gasteiger partial charge < -0.3 is 4.90 Å². The largest absolute Gasteiger partial charge is 0.367 e. The number of aromatic nitrogens is 1. The molecule has 1 aliphatic rings.